The number of carbonyl (C=O) groups is 1. The van der Waals surface area contributed by atoms with Crippen LogP contribution in [-0.2, 0) is 0 Å². The number of amides is 1. The van der Waals surface area contributed by atoms with Crippen LogP contribution in [0.15, 0.2) is 12.1 Å². The molecule has 0 bridgehead atoms. The summed E-state index contributed by atoms with van der Waals surface area (Å²) >= 11 is 0. The molecule has 21 heavy (non-hydrogen) atoms. The summed E-state index contributed by atoms with van der Waals surface area (Å²) in [6.07, 6.45) is 2.58. The molecule has 1 aromatic carbocycles. The Bertz CT molecular complexity index is 552. The molecule has 4 nitrogen and oxygen atoms in total. The van der Waals surface area contributed by atoms with Crippen molar-refractivity contribution in [1.29, 1.82) is 0 Å². The van der Waals surface area contributed by atoms with Crippen LogP contribution >= 0.6 is 0 Å². The molecule has 0 unspecified atom stereocenters. The normalized spacial score (nSPS) is 19.8. The molecule has 1 saturated carbocycles. The predicted molar refractivity (Wildman–Crippen MR) is 75.8 cm³/mol. The maximum absolute atomic E-state index is 13.9. The molecule has 2 N–H and O–H groups in total. The van der Waals surface area contributed by atoms with Gasteiger partial charge in [-0.25, -0.2) is 8.78 Å². The Morgan fingerprint density at radius 3 is 2.48 bits per heavy atom. The average Bonchev–Trinajstić information content (AvgIpc) is 3.28. The number of hydrogen-bond donors (Lipinski definition) is 1. The Morgan fingerprint density at radius 1 is 1.19 bits per heavy atom. The van der Waals surface area contributed by atoms with Crippen molar-refractivity contribution in [2.75, 3.05) is 38.5 Å². The van der Waals surface area contributed by atoms with Gasteiger partial charge in [-0.3, -0.25) is 9.69 Å². The molecule has 1 amide bonds. The van der Waals surface area contributed by atoms with E-state index in [0.29, 0.717) is 13.1 Å². The third-order valence-corrected chi connectivity index (χ3v) is 4.21. The third kappa shape index (κ3) is 3.00. The number of nitrogen functional groups attached to an aromatic ring is 1. The molecule has 1 heterocycles. The van der Waals surface area contributed by atoms with Crippen molar-refractivity contribution < 1.29 is 13.6 Å². The smallest absolute Gasteiger partial charge is 0.259 e. The lowest BCUT2D eigenvalue weighted by Crippen LogP contribution is -2.49. The monoisotopic (exact) mass is 295 g/mol. The van der Waals surface area contributed by atoms with Gasteiger partial charge >= 0.3 is 0 Å². The maximum Gasteiger partial charge on any atom is 0.259 e. The molecule has 1 aromatic rings. The summed E-state index contributed by atoms with van der Waals surface area (Å²) in [4.78, 5) is 16.1. The van der Waals surface area contributed by atoms with Crippen LogP contribution in [0, 0.1) is 17.6 Å². The van der Waals surface area contributed by atoms with Gasteiger partial charge in [0.25, 0.3) is 5.91 Å². The highest BCUT2D eigenvalue weighted by molar-refractivity contribution is 5.95. The zero-order valence-corrected chi connectivity index (χ0v) is 11.8. The van der Waals surface area contributed by atoms with Crippen molar-refractivity contribution in [1.82, 2.24) is 9.80 Å². The minimum Gasteiger partial charge on any atom is -0.396 e. The number of piperazine rings is 1. The van der Waals surface area contributed by atoms with E-state index < -0.39 is 23.1 Å². The van der Waals surface area contributed by atoms with E-state index in [1.54, 1.807) is 0 Å². The second-order valence-electron chi connectivity index (χ2n) is 5.86. The van der Waals surface area contributed by atoms with E-state index in [4.69, 9.17) is 5.73 Å². The van der Waals surface area contributed by atoms with Crippen molar-refractivity contribution in [2.45, 2.75) is 12.8 Å². The number of nitrogens with two attached hydrogens (primary N) is 1. The highest BCUT2D eigenvalue weighted by Gasteiger charge is 2.30. The second kappa shape index (κ2) is 5.60. The van der Waals surface area contributed by atoms with Gasteiger partial charge in [-0.15, -0.1) is 0 Å². The van der Waals surface area contributed by atoms with Crippen LogP contribution in [0.1, 0.15) is 23.2 Å². The first-order valence-electron chi connectivity index (χ1n) is 7.31. The number of benzene rings is 1. The molecule has 114 valence electrons. The van der Waals surface area contributed by atoms with E-state index in [1.807, 2.05) is 0 Å². The molecular formula is C15H19F2N3O. The largest absolute Gasteiger partial charge is 0.396 e. The zero-order valence-electron chi connectivity index (χ0n) is 11.8. The Balaban J connectivity index is 1.67. The van der Waals surface area contributed by atoms with Gasteiger partial charge < -0.3 is 10.6 Å². The molecule has 1 saturated heterocycles. The van der Waals surface area contributed by atoms with Crippen LogP contribution in [0.4, 0.5) is 14.5 Å². The van der Waals surface area contributed by atoms with E-state index in [1.165, 1.54) is 17.7 Å². The van der Waals surface area contributed by atoms with Gasteiger partial charge in [0, 0.05) is 32.7 Å². The number of halogens is 2. The van der Waals surface area contributed by atoms with Gasteiger partial charge in [0.05, 0.1) is 5.69 Å². The quantitative estimate of drug-likeness (QED) is 0.864. The van der Waals surface area contributed by atoms with E-state index in [2.05, 4.69) is 4.90 Å². The summed E-state index contributed by atoms with van der Waals surface area (Å²) in [6.45, 7) is 3.59. The Morgan fingerprint density at radius 2 is 1.86 bits per heavy atom. The van der Waals surface area contributed by atoms with Crippen LogP contribution in [0.2, 0.25) is 0 Å². The Kier molecular flexibility index (Phi) is 3.80. The van der Waals surface area contributed by atoms with E-state index in [-0.39, 0.29) is 5.69 Å². The van der Waals surface area contributed by atoms with Crippen molar-refractivity contribution >= 4 is 11.6 Å². The van der Waals surface area contributed by atoms with Gasteiger partial charge in [-0.05, 0) is 30.9 Å². The van der Waals surface area contributed by atoms with Crippen LogP contribution in [0.25, 0.3) is 0 Å². The summed E-state index contributed by atoms with van der Waals surface area (Å²) in [5.74, 6) is -1.62. The fraction of sp³-hybridized carbons (Fsp3) is 0.533. The lowest BCUT2D eigenvalue weighted by molar-refractivity contribution is 0.0622. The zero-order chi connectivity index (χ0) is 15.0. The Labute approximate surface area is 122 Å². The first-order valence-corrected chi connectivity index (χ1v) is 7.31. The molecule has 1 aliphatic heterocycles. The van der Waals surface area contributed by atoms with E-state index in [9.17, 15) is 13.6 Å². The number of nitrogens with zero attached hydrogens (tertiary/aromatic N) is 2. The van der Waals surface area contributed by atoms with Gasteiger partial charge in [0.2, 0.25) is 0 Å². The lowest BCUT2D eigenvalue weighted by atomic mass is 10.1. The van der Waals surface area contributed by atoms with Crippen LogP contribution in [-0.4, -0.2) is 48.4 Å². The first kappa shape index (κ1) is 14.3. The molecule has 0 radical (unpaired) electrons. The molecule has 0 spiro atoms. The summed E-state index contributed by atoms with van der Waals surface area (Å²) in [5.41, 5.74) is 4.68. The summed E-state index contributed by atoms with van der Waals surface area (Å²) in [5, 5.41) is 0. The summed E-state index contributed by atoms with van der Waals surface area (Å²) in [6, 6.07) is 2.17. The highest BCUT2D eigenvalue weighted by Crippen LogP contribution is 2.30. The average molecular weight is 295 g/mol. The standard InChI is InChI=1S/C15H19F2N3O/c16-11-3-4-12(18)14(17)13(11)15(21)20-7-5-19(6-8-20)9-10-1-2-10/h3-4,10H,1-2,5-9,18H2. The molecule has 2 aliphatic rings. The summed E-state index contributed by atoms with van der Waals surface area (Å²) < 4.78 is 27.6. The topological polar surface area (TPSA) is 49.6 Å². The molecule has 6 heteroatoms. The first-order chi connectivity index (χ1) is 10.1. The van der Waals surface area contributed by atoms with Crippen molar-refractivity contribution in [3.8, 4) is 0 Å². The van der Waals surface area contributed by atoms with Crippen molar-refractivity contribution in [2.24, 2.45) is 5.92 Å². The number of rotatable bonds is 3. The fourth-order valence-corrected chi connectivity index (χ4v) is 2.72. The maximum atomic E-state index is 13.9. The molecule has 3 rings (SSSR count). The number of carbonyl (C=O) groups excluding carboxylic acids is 1. The molecule has 2 fully saturated rings. The van der Waals surface area contributed by atoms with Gasteiger partial charge in [0.1, 0.15) is 11.4 Å². The SMILES string of the molecule is Nc1ccc(F)c(C(=O)N2CCN(CC3CC3)CC2)c1F. The van der Waals surface area contributed by atoms with Crippen molar-refractivity contribution in [3.05, 3.63) is 29.3 Å². The second-order valence-corrected chi connectivity index (χ2v) is 5.86. The van der Waals surface area contributed by atoms with E-state index >= 15 is 0 Å². The van der Waals surface area contributed by atoms with Gasteiger partial charge in [-0.1, -0.05) is 0 Å². The predicted octanol–water partition coefficient (Wildman–Crippen LogP) is 1.71. The molecule has 1 aliphatic carbocycles. The van der Waals surface area contributed by atoms with Crippen LogP contribution in [0.5, 0.6) is 0 Å². The summed E-state index contributed by atoms with van der Waals surface area (Å²) in [7, 11) is 0. The molecule has 0 aromatic heterocycles. The lowest BCUT2D eigenvalue weighted by Gasteiger charge is -2.35. The third-order valence-electron chi connectivity index (χ3n) is 4.21. The fourth-order valence-electron chi connectivity index (χ4n) is 2.72. The minimum atomic E-state index is -0.958. The Hall–Kier alpha value is -1.69. The van der Waals surface area contributed by atoms with E-state index in [0.717, 1.165) is 37.7 Å². The minimum absolute atomic E-state index is 0.202. The number of hydrogen-bond acceptors (Lipinski definition) is 3. The number of anilines is 1. The van der Waals surface area contributed by atoms with Crippen molar-refractivity contribution in [3.63, 3.8) is 0 Å². The molecular weight excluding hydrogens is 276 g/mol. The van der Waals surface area contributed by atoms with Crippen LogP contribution < -0.4 is 5.73 Å². The van der Waals surface area contributed by atoms with Gasteiger partial charge in [-0.2, -0.15) is 0 Å². The van der Waals surface area contributed by atoms with Gasteiger partial charge in [0.15, 0.2) is 5.82 Å². The highest BCUT2D eigenvalue weighted by atomic mass is 19.1. The van der Waals surface area contributed by atoms with Crippen LogP contribution in [0.3, 0.4) is 0 Å². The molecule has 0 atom stereocenters.